The molecular formula is C22H27N5O4. The Labute approximate surface area is 180 Å². The van der Waals surface area contributed by atoms with Gasteiger partial charge in [0, 0.05) is 17.7 Å². The maximum absolute atomic E-state index is 12.4. The van der Waals surface area contributed by atoms with E-state index >= 15 is 0 Å². The van der Waals surface area contributed by atoms with Gasteiger partial charge < -0.3 is 26.6 Å². The third-order valence-corrected chi connectivity index (χ3v) is 4.93. The highest BCUT2D eigenvalue weighted by atomic mass is 16.5. The van der Waals surface area contributed by atoms with Crippen LogP contribution in [0.2, 0.25) is 0 Å². The summed E-state index contributed by atoms with van der Waals surface area (Å²) in [5.41, 5.74) is 13.4. The largest absolute Gasteiger partial charge is 0.489 e. The molecule has 0 radical (unpaired) electrons. The van der Waals surface area contributed by atoms with Gasteiger partial charge in [-0.25, -0.2) is 4.99 Å². The molecule has 0 aromatic heterocycles. The molecule has 2 aromatic carbocycles. The summed E-state index contributed by atoms with van der Waals surface area (Å²) >= 11 is 0. The number of carbonyl (C=O) groups excluding carboxylic acids is 1. The van der Waals surface area contributed by atoms with E-state index < -0.39 is 17.9 Å². The zero-order valence-electron chi connectivity index (χ0n) is 17.1. The number of carboxylic acid groups (broad SMARTS) is 1. The molecule has 3 rings (SSSR count). The summed E-state index contributed by atoms with van der Waals surface area (Å²) in [5, 5.41) is 14.7. The summed E-state index contributed by atoms with van der Waals surface area (Å²) in [4.78, 5) is 27.5. The molecule has 0 spiro atoms. The molecule has 9 heteroatoms. The zero-order chi connectivity index (χ0) is 22.2. The fourth-order valence-electron chi connectivity index (χ4n) is 3.19. The van der Waals surface area contributed by atoms with Crippen LogP contribution < -0.4 is 26.8 Å². The van der Waals surface area contributed by atoms with E-state index in [1.54, 1.807) is 24.3 Å². The third kappa shape index (κ3) is 6.53. The third-order valence-electron chi connectivity index (χ3n) is 4.93. The van der Waals surface area contributed by atoms with Gasteiger partial charge in [-0.2, -0.15) is 0 Å². The van der Waals surface area contributed by atoms with E-state index in [2.05, 4.69) is 15.6 Å². The normalized spacial score (nSPS) is 17.2. The molecule has 1 amide bonds. The van der Waals surface area contributed by atoms with Crippen molar-refractivity contribution in [3.05, 3.63) is 65.2 Å². The molecule has 1 heterocycles. The van der Waals surface area contributed by atoms with Gasteiger partial charge in [0.05, 0.1) is 6.54 Å². The monoisotopic (exact) mass is 425 g/mol. The Hall–Kier alpha value is -3.43. The predicted molar refractivity (Wildman–Crippen MR) is 117 cm³/mol. The SMILES string of the molecule is NC(=NCc1ccccc1OC1CCNC1)NC(=O)c1ccc(CC(N)C(=O)O)cc1. The molecule has 0 bridgehead atoms. The molecule has 1 fully saturated rings. The van der Waals surface area contributed by atoms with Gasteiger partial charge in [0.25, 0.3) is 5.91 Å². The van der Waals surface area contributed by atoms with Crippen molar-refractivity contribution < 1.29 is 19.4 Å². The van der Waals surface area contributed by atoms with Crippen molar-refractivity contribution in [2.45, 2.75) is 31.5 Å². The summed E-state index contributed by atoms with van der Waals surface area (Å²) in [6.45, 7) is 2.03. The Morgan fingerprint density at radius 3 is 2.65 bits per heavy atom. The summed E-state index contributed by atoms with van der Waals surface area (Å²) < 4.78 is 6.04. The highest BCUT2D eigenvalue weighted by Gasteiger charge is 2.17. The van der Waals surface area contributed by atoms with Crippen molar-refractivity contribution in [1.29, 1.82) is 0 Å². The second-order valence-corrected chi connectivity index (χ2v) is 7.34. The molecule has 2 atom stereocenters. The van der Waals surface area contributed by atoms with Gasteiger partial charge in [0.1, 0.15) is 17.9 Å². The first-order chi connectivity index (χ1) is 14.9. The Kier molecular flexibility index (Phi) is 7.58. The van der Waals surface area contributed by atoms with Crippen LogP contribution >= 0.6 is 0 Å². The number of guanidine groups is 1. The number of aliphatic carboxylic acids is 1. The first-order valence-electron chi connectivity index (χ1n) is 10.1. The summed E-state index contributed by atoms with van der Waals surface area (Å²) in [7, 11) is 0. The van der Waals surface area contributed by atoms with E-state index in [4.69, 9.17) is 21.3 Å². The summed E-state index contributed by atoms with van der Waals surface area (Å²) in [6.07, 6.45) is 1.27. The number of rotatable bonds is 8. The minimum absolute atomic E-state index is 0.000637. The van der Waals surface area contributed by atoms with Gasteiger partial charge in [-0.15, -0.1) is 0 Å². The lowest BCUT2D eigenvalue weighted by Crippen LogP contribution is -2.36. The van der Waals surface area contributed by atoms with E-state index in [-0.39, 0.29) is 25.0 Å². The van der Waals surface area contributed by atoms with Gasteiger partial charge in [-0.3, -0.25) is 14.9 Å². The molecule has 0 saturated carbocycles. The number of nitrogens with zero attached hydrogens (tertiary/aromatic N) is 1. The molecule has 7 N–H and O–H groups in total. The van der Waals surface area contributed by atoms with Crippen molar-refractivity contribution in [2.75, 3.05) is 13.1 Å². The van der Waals surface area contributed by atoms with E-state index in [0.717, 1.165) is 36.4 Å². The molecule has 1 aliphatic rings. The van der Waals surface area contributed by atoms with E-state index in [9.17, 15) is 9.59 Å². The van der Waals surface area contributed by atoms with Crippen molar-refractivity contribution in [2.24, 2.45) is 16.5 Å². The van der Waals surface area contributed by atoms with Crippen LogP contribution in [0.15, 0.2) is 53.5 Å². The molecule has 0 aliphatic carbocycles. The van der Waals surface area contributed by atoms with Crippen LogP contribution in [0.4, 0.5) is 0 Å². The van der Waals surface area contributed by atoms with Crippen LogP contribution in [0, 0.1) is 0 Å². The van der Waals surface area contributed by atoms with Crippen LogP contribution in [-0.4, -0.2) is 48.2 Å². The molecule has 2 unspecified atom stereocenters. The lowest BCUT2D eigenvalue weighted by atomic mass is 10.0. The van der Waals surface area contributed by atoms with Gasteiger partial charge in [-0.05, 0) is 43.1 Å². The lowest BCUT2D eigenvalue weighted by molar-refractivity contribution is -0.138. The van der Waals surface area contributed by atoms with Crippen molar-refractivity contribution >= 4 is 17.8 Å². The first kappa shape index (κ1) is 22.3. The first-order valence-corrected chi connectivity index (χ1v) is 10.1. The summed E-state index contributed by atoms with van der Waals surface area (Å²) in [6, 6.07) is 13.1. The number of carboxylic acids is 1. The van der Waals surface area contributed by atoms with Crippen LogP contribution in [0.5, 0.6) is 5.75 Å². The molecule has 1 saturated heterocycles. The average molecular weight is 425 g/mol. The minimum Gasteiger partial charge on any atom is -0.489 e. The fourth-order valence-corrected chi connectivity index (χ4v) is 3.19. The standard InChI is InChI=1S/C22H27N5O4/c23-18(21(29)30)11-14-5-7-15(8-6-14)20(28)27-22(24)26-12-16-3-1-2-4-19(16)31-17-9-10-25-13-17/h1-8,17-18,25H,9-13,23H2,(H,29,30)(H3,24,26,27,28). The lowest BCUT2D eigenvalue weighted by Gasteiger charge is -2.15. The predicted octanol–water partition coefficient (Wildman–Crippen LogP) is 0.626. The van der Waals surface area contributed by atoms with E-state index in [1.165, 1.54) is 0 Å². The Balaban J connectivity index is 1.57. The van der Waals surface area contributed by atoms with Crippen LogP contribution in [0.1, 0.15) is 27.9 Å². The number of hydrogen-bond donors (Lipinski definition) is 5. The minimum atomic E-state index is -1.07. The number of nitrogens with two attached hydrogens (primary N) is 2. The maximum Gasteiger partial charge on any atom is 0.320 e. The molecule has 1 aliphatic heterocycles. The number of hydrogen-bond acceptors (Lipinski definition) is 6. The number of para-hydroxylation sites is 1. The van der Waals surface area contributed by atoms with Gasteiger partial charge in [0.15, 0.2) is 5.96 Å². The second kappa shape index (κ2) is 10.6. The number of amides is 1. The number of benzene rings is 2. The Morgan fingerprint density at radius 1 is 1.23 bits per heavy atom. The van der Waals surface area contributed by atoms with E-state index in [0.29, 0.717) is 5.56 Å². The quantitative estimate of drug-likeness (QED) is 0.307. The molecule has 2 aromatic rings. The van der Waals surface area contributed by atoms with Gasteiger partial charge >= 0.3 is 5.97 Å². The maximum atomic E-state index is 12.4. The van der Waals surface area contributed by atoms with Crippen LogP contribution in [-0.2, 0) is 17.8 Å². The Morgan fingerprint density at radius 2 is 1.97 bits per heavy atom. The van der Waals surface area contributed by atoms with Crippen molar-refractivity contribution in [1.82, 2.24) is 10.6 Å². The molecule has 164 valence electrons. The topological polar surface area (TPSA) is 152 Å². The molecule has 31 heavy (non-hydrogen) atoms. The van der Waals surface area contributed by atoms with Crippen molar-refractivity contribution in [3.8, 4) is 5.75 Å². The number of carbonyl (C=O) groups is 2. The zero-order valence-corrected chi connectivity index (χ0v) is 17.1. The number of aliphatic imine (C=N–C) groups is 1. The Bertz CT molecular complexity index is 939. The second-order valence-electron chi connectivity index (χ2n) is 7.34. The fraction of sp³-hybridized carbons (Fsp3) is 0.318. The van der Waals surface area contributed by atoms with Gasteiger partial charge in [-0.1, -0.05) is 30.3 Å². The highest BCUT2D eigenvalue weighted by molar-refractivity contribution is 6.05. The average Bonchev–Trinajstić information content (AvgIpc) is 3.26. The van der Waals surface area contributed by atoms with Crippen LogP contribution in [0.25, 0.3) is 0 Å². The van der Waals surface area contributed by atoms with Crippen LogP contribution in [0.3, 0.4) is 0 Å². The highest BCUT2D eigenvalue weighted by Crippen LogP contribution is 2.21. The molecule has 9 nitrogen and oxygen atoms in total. The van der Waals surface area contributed by atoms with Crippen molar-refractivity contribution in [3.63, 3.8) is 0 Å². The van der Waals surface area contributed by atoms with Gasteiger partial charge in [0.2, 0.25) is 0 Å². The number of ether oxygens (including phenoxy) is 1. The van der Waals surface area contributed by atoms with E-state index in [1.807, 2.05) is 24.3 Å². The molecular weight excluding hydrogens is 398 g/mol. The summed E-state index contributed by atoms with van der Waals surface area (Å²) in [5.74, 6) is -0.719. The smallest absolute Gasteiger partial charge is 0.320 e. The number of nitrogens with one attached hydrogen (secondary N) is 2.